The van der Waals surface area contributed by atoms with Gasteiger partial charge in [-0.15, -0.1) is 0 Å². The van der Waals surface area contributed by atoms with E-state index in [0.717, 1.165) is 18.9 Å². The number of hydrogen-bond acceptors (Lipinski definition) is 6. The molecule has 0 amide bonds. The molecule has 2 aliphatic heterocycles. The zero-order chi connectivity index (χ0) is 16.2. The first-order valence-corrected chi connectivity index (χ1v) is 8.26. The molecular weight excluding hydrogens is 296 g/mol. The third-order valence-corrected chi connectivity index (χ3v) is 4.29. The number of rotatable bonds is 3. The SMILES string of the molecule is C[C@@H]1C[C@@H](OC(=O)c2ccc(N3CCCCCC3)nc2)C(=O)O1. The Labute approximate surface area is 135 Å². The van der Waals surface area contributed by atoms with Gasteiger partial charge < -0.3 is 14.4 Å². The topological polar surface area (TPSA) is 68.7 Å². The molecule has 0 N–H and O–H groups in total. The van der Waals surface area contributed by atoms with Gasteiger partial charge in [-0.3, -0.25) is 0 Å². The highest BCUT2D eigenvalue weighted by Crippen LogP contribution is 2.20. The number of pyridine rings is 1. The quantitative estimate of drug-likeness (QED) is 0.797. The molecule has 6 heteroatoms. The molecule has 3 rings (SSSR count). The van der Waals surface area contributed by atoms with Gasteiger partial charge in [0.2, 0.25) is 6.10 Å². The van der Waals surface area contributed by atoms with Crippen LogP contribution in [0.1, 0.15) is 49.4 Å². The van der Waals surface area contributed by atoms with Crippen molar-refractivity contribution in [3.05, 3.63) is 23.9 Å². The first-order chi connectivity index (χ1) is 11.1. The molecule has 0 aliphatic carbocycles. The zero-order valence-electron chi connectivity index (χ0n) is 13.4. The third kappa shape index (κ3) is 3.81. The smallest absolute Gasteiger partial charge is 0.347 e. The Morgan fingerprint density at radius 2 is 2.00 bits per heavy atom. The van der Waals surface area contributed by atoms with E-state index in [9.17, 15) is 9.59 Å². The van der Waals surface area contributed by atoms with Crippen LogP contribution in [0.4, 0.5) is 5.82 Å². The molecule has 2 atom stereocenters. The highest BCUT2D eigenvalue weighted by Gasteiger charge is 2.35. The molecule has 0 aromatic carbocycles. The van der Waals surface area contributed by atoms with Crippen LogP contribution in [-0.4, -0.2) is 42.2 Å². The van der Waals surface area contributed by atoms with Crippen LogP contribution in [0.3, 0.4) is 0 Å². The third-order valence-electron chi connectivity index (χ3n) is 4.29. The van der Waals surface area contributed by atoms with Gasteiger partial charge in [-0.25, -0.2) is 14.6 Å². The van der Waals surface area contributed by atoms with Crippen LogP contribution in [0.25, 0.3) is 0 Å². The van der Waals surface area contributed by atoms with E-state index >= 15 is 0 Å². The lowest BCUT2D eigenvalue weighted by atomic mass is 10.2. The molecule has 23 heavy (non-hydrogen) atoms. The fourth-order valence-electron chi connectivity index (χ4n) is 3.01. The summed E-state index contributed by atoms with van der Waals surface area (Å²) in [4.78, 5) is 30.3. The van der Waals surface area contributed by atoms with Crippen molar-refractivity contribution in [3.8, 4) is 0 Å². The van der Waals surface area contributed by atoms with Crippen LogP contribution in [0.5, 0.6) is 0 Å². The average molecular weight is 318 g/mol. The van der Waals surface area contributed by atoms with E-state index < -0.39 is 18.0 Å². The molecule has 1 aromatic heterocycles. The van der Waals surface area contributed by atoms with Crippen LogP contribution < -0.4 is 4.90 Å². The summed E-state index contributed by atoms with van der Waals surface area (Å²) in [5, 5.41) is 0. The standard InChI is InChI=1S/C17H22N2O4/c1-12-10-14(17(21)22-12)23-16(20)13-6-7-15(18-11-13)19-8-4-2-3-5-9-19/h6-7,11-12,14H,2-5,8-10H2,1H3/t12-,14-/m1/s1. The van der Waals surface area contributed by atoms with Gasteiger partial charge in [0, 0.05) is 25.7 Å². The molecular formula is C17H22N2O4. The molecule has 124 valence electrons. The average Bonchev–Trinajstić information content (AvgIpc) is 2.75. The van der Waals surface area contributed by atoms with Gasteiger partial charge in [-0.1, -0.05) is 12.8 Å². The Balaban J connectivity index is 1.62. The molecule has 0 spiro atoms. The van der Waals surface area contributed by atoms with Crippen LogP contribution in [-0.2, 0) is 14.3 Å². The maximum atomic E-state index is 12.1. The number of anilines is 1. The number of nitrogens with zero attached hydrogens (tertiary/aromatic N) is 2. The second-order valence-corrected chi connectivity index (χ2v) is 6.18. The predicted molar refractivity (Wildman–Crippen MR) is 84.3 cm³/mol. The summed E-state index contributed by atoms with van der Waals surface area (Å²) < 4.78 is 10.2. The summed E-state index contributed by atoms with van der Waals surface area (Å²) in [7, 11) is 0. The highest BCUT2D eigenvalue weighted by molar-refractivity contribution is 5.91. The molecule has 1 aromatic rings. The predicted octanol–water partition coefficient (Wildman–Crippen LogP) is 2.32. The van der Waals surface area contributed by atoms with E-state index in [2.05, 4.69) is 9.88 Å². The lowest BCUT2D eigenvalue weighted by molar-refractivity contribution is -0.147. The summed E-state index contributed by atoms with van der Waals surface area (Å²) in [5.74, 6) is -0.117. The Bertz CT molecular complexity index is 564. The summed E-state index contributed by atoms with van der Waals surface area (Å²) in [6.07, 6.45) is 5.79. The molecule has 0 radical (unpaired) electrons. The maximum Gasteiger partial charge on any atom is 0.347 e. The second kappa shape index (κ2) is 6.98. The van der Waals surface area contributed by atoms with Gasteiger partial charge in [0.05, 0.1) is 5.56 Å². The van der Waals surface area contributed by atoms with Crippen molar-refractivity contribution in [1.82, 2.24) is 4.98 Å². The minimum absolute atomic E-state index is 0.205. The molecule has 3 heterocycles. The summed E-state index contributed by atoms with van der Waals surface area (Å²) >= 11 is 0. The lowest BCUT2D eigenvalue weighted by Crippen LogP contribution is -2.25. The van der Waals surface area contributed by atoms with Crippen molar-refractivity contribution in [2.45, 2.75) is 51.2 Å². The van der Waals surface area contributed by atoms with Gasteiger partial charge in [-0.2, -0.15) is 0 Å². The first kappa shape index (κ1) is 15.8. The van der Waals surface area contributed by atoms with Crippen molar-refractivity contribution in [3.63, 3.8) is 0 Å². The number of ether oxygens (including phenoxy) is 2. The molecule has 2 aliphatic rings. The minimum atomic E-state index is -0.803. The van der Waals surface area contributed by atoms with Gasteiger partial charge in [-0.05, 0) is 31.9 Å². The number of aromatic nitrogens is 1. The molecule has 0 bridgehead atoms. The van der Waals surface area contributed by atoms with Crippen molar-refractivity contribution in [1.29, 1.82) is 0 Å². The Morgan fingerprint density at radius 1 is 1.26 bits per heavy atom. The zero-order valence-corrected chi connectivity index (χ0v) is 13.4. The van der Waals surface area contributed by atoms with Crippen LogP contribution in [0.2, 0.25) is 0 Å². The van der Waals surface area contributed by atoms with Crippen molar-refractivity contribution in [2.24, 2.45) is 0 Å². The first-order valence-electron chi connectivity index (χ1n) is 8.26. The number of esters is 2. The molecule has 2 fully saturated rings. The largest absolute Gasteiger partial charge is 0.460 e. The second-order valence-electron chi connectivity index (χ2n) is 6.18. The van der Waals surface area contributed by atoms with Gasteiger partial charge >= 0.3 is 11.9 Å². The van der Waals surface area contributed by atoms with Crippen LogP contribution >= 0.6 is 0 Å². The number of hydrogen-bond donors (Lipinski definition) is 0. The Hall–Kier alpha value is -2.11. The van der Waals surface area contributed by atoms with E-state index in [1.807, 2.05) is 6.07 Å². The van der Waals surface area contributed by atoms with E-state index in [-0.39, 0.29) is 6.10 Å². The summed E-state index contributed by atoms with van der Waals surface area (Å²) in [6.45, 7) is 3.79. The van der Waals surface area contributed by atoms with Crippen LogP contribution in [0, 0.1) is 0 Å². The van der Waals surface area contributed by atoms with Gasteiger partial charge in [0.15, 0.2) is 0 Å². The van der Waals surface area contributed by atoms with Crippen molar-refractivity contribution < 1.29 is 19.1 Å². The fourth-order valence-corrected chi connectivity index (χ4v) is 3.01. The molecule has 2 saturated heterocycles. The Kier molecular flexibility index (Phi) is 4.79. The maximum absolute atomic E-state index is 12.1. The number of carbonyl (C=O) groups is 2. The molecule has 0 saturated carbocycles. The summed E-state index contributed by atoms with van der Waals surface area (Å²) in [5.41, 5.74) is 0.357. The normalized spacial score (nSPS) is 24.9. The van der Waals surface area contributed by atoms with E-state index in [4.69, 9.17) is 9.47 Å². The van der Waals surface area contributed by atoms with Gasteiger partial charge in [0.25, 0.3) is 0 Å². The number of carbonyl (C=O) groups excluding carboxylic acids is 2. The lowest BCUT2D eigenvalue weighted by Gasteiger charge is -2.21. The molecule has 6 nitrogen and oxygen atoms in total. The van der Waals surface area contributed by atoms with E-state index in [1.54, 1.807) is 13.0 Å². The Morgan fingerprint density at radius 3 is 2.57 bits per heavy atom. The monoisotopic (exact) mass is 318 g/mol. The number of cyclic esters (lactones) is 1. The van der Waals surface area contributed by atoms with Crippen molar-refractivity contribution >= 4 is 17.8 Å². The van der Waals surface area contributed by atoms with Gasteiger partial charge in [0.1, 0.15) is 11.9 Å². The van der Waals surface area contributed by atoms with Crippen LogP contribution in [0.15, 0.2) is 18.3 Å². The fraction of sp³-hybridized carbons (Fsp3) is 0.588. The van der Waals surface area contributed by atoms with Crippen molar-refractivity contribution in [2.75, 3.05) is 18.0 Å². The summed E-state index contributed by atoms with van der Waals surface area (Å²) in [6, 6.07) is 3.55. The minimum Gasteiger partial charge on any atom is -0.460 e. The molecule has 0 unspecified atom stereocenters. The van der Waals surface area contributed by atoms with E-state index in [0.29, 0.717) is 12.0 Å². The highest BCUT2D eigenvalue weighted by atomic mass is 16.6. The van der Waals surface area contributed by atoms with E-state index in [1.165, 1.54) is 31.9 Å².